The summed E-state index contributed by atoms with van der Waals surface area (Å²) in [6.07, 6.45) is 0. The van der Waals surface area contributed by atoms with Crippen LogP contribution in [0, 0.1) is 20.8 Å². The average molecular weight is 359 g/mol. The fraction of sp³-hybridized carbons (Fsp3) is 0.250. The summed E-state index contributed by atoms with van der Waals surface area (Å²) in [5.41, 5.74) is 4.40. The van der Waals surface area contributed by atoms with Crippen molar-refractivity contribution in [2.24, 2.45) is 0 Å². The molecule has 0 aliphatic heterocycles. The Labute approximate surface area is 148 Å². The molecule has 2 heterocycles. The number of aromatic amines is 1. The van der Waals surface area contributed by atoms with Crippen molar-refractivity contribution in [3.05, 3.63) is 40.5 Å². The molecule has 1 aromatic carbocycles. The van der Waals surface area contributed by atoms with Crippen molar-refractivity contribution in [2.75, 3.05) is 11.1 Å². The van der Waals surface area contributed by atoms with E-state index in [0.29, 0.717) is 10.3 Å². The highest BCUT2D eigenvalue weighted by molar-refractivity contribution is 7.99. The van der Waals surface area contributed by atoms with Gasteiger partial charge >= 0.3 is 0 Å². The van der Waals surface area contributed by atoms with Crippen LogP contribution in [0.4, 0.5) is 5.13 Å². The van der Waals surface area contributed by atoms with Gasteiger partial charge in [-0.15, -0.1) is 16.4 Å². The summed E-state index contributed by atoms with van der Waals surface area (Å²) in [6, 6.07) is 6.24. The second kappa shape index (κ2) is 7.14. The van der Waals surface area contributed by atoms with Gasteiger partial charge in [0.2, 0.25) is 11.1 Å². The SMILES string of the molecule is Cc1nc(SCC(=O)Nc2nc(-c3ccc(C)c(C)c3)cs2)n[nH]1. The Bertz CT molecular complexity index is 871. The Morgan fingerprint density at radius 3 is 2.79 bits per heavy atom. The van der Waals surface area contributed by atoms with Crippen molar-refractivity contribution in [1.82, 2.24) is 20.2 Å². The third kappa shape index (κ3) is 4.01. The van der Waals surface area contributed by atoms with Gasteiger partial charge in [-0.1, -0.05) is 23.9 Å². The first kappa shape index (κ1) is 16.7. The molecule has 0 radical (unpaired) electrons. The van der Waals surface area contributed by atoms with E-state index in [1.54, 1.807) is 0 Å². The van der Waals surface area contributed by atoms with Crippen molar-refractivity contribution >= 4 is 34.1 Å². The molecule has 3 rings (SSSR count). The summed E-state index contributed by atoms with van der Waals surface area (Å²) >= 11 is 2.71. The molecule has 0 aliphatic rings. The first-order chi connectivity index (χ1) is 11.5. The molecule has 0 unspecified atom stereocenters. The Morgan fingerprint density at radius 1 is 1.25 bits per heavy atom. The molecule has 1 amide bonds. The summed E-state index contributed by atoms with van der Waals surface area (Å²) in [5, 5.41) is 12.7. The number of thiazole rings is 1. The van der Waals surface area contributed by atoms with Crippen LogP contribution in [0.25, 0.3) is 11.3 Å². The maximum Gasteiger partial charge on any atom is 0.236 e. The summed E-state index contributed by atoms with van der Waals surface area (Å²) in [6.45, 7) is 5.98. The lowest BCUT2D eigenvalue weighted by Crippen LogP contribution is -2.13. The molecule has 0 fully saturated rings. The Kier molecular flexibility index (Phi) is 4.96. The molecule has 0 saturated heterocycles. The number of aryl methyl sites for hydroxylation is 3. The van der Waals surface area contributed by atoms with Crippen LogP contribution in [0.3, 0.4) is 0 Å². The molecular formula is C16H17N5OS2. The third-order valence-electron chi connectivity index (χ3n) is 3.46. The quantitative estimate of drug-likeness (QED) is 0.680. The smallest absolute Gasteiger partial charge is 0.236 e. The number of carbonyl (C=O) groups excluding carboxylic acids is 1. The zero-order valence-electron chi connectivity index (χ0n) is 13.6. The van der Waals surface area contributed by atoms with E-state index in [-0.39, 0.29) is 11.7 Å². The lowest BCUT2D eigenvalue weighted by molar-refractivity contribution is -0.113. The number of hydrogen-bond donors (Lipinski definition) is 2. The number of amides is 1. The zero-order valence-corrected chi connectivity index (χ0v) is 15.2. The monoisotopic (exact) mass is 359 g/mol. The van der Waals surface area contributed by atoms with Crippen molar-refractivity contribution in [1.29, 1.82) is 0 Å². The van der Waals surface area contributed by atoms with Gasteiger partial charge in [0.05, 0.1) is 11.4 Å². The first-order valence-corrected chi connectivity index (χ1v) is 9.22. The molecule has 24 heavy (non-hydrogen) atoms. The van der Waals surface area contributed by atoms with Gasteiger partial charge in [0.15, 0.2) is 5.13 Å². The predicted molar refractivity (Wildman–Crippen MR) is 97.5 cm³/mol. The molecule has 124 valence electrons. The maximum absolute atomic E-state index is 12.0. The van der Waals surface area contributed by atoms with E-state index in [1.807, 2.05) is 18.4 Å². The van der Waals surface area contributed by atoms with Crippen molar-refractivity contribution in [3.63, 3.8) is 0 Å². The number of aromatic nitrogens is 4. The third-order valence-corrected chi connectivity index (χ3v) is 5.07. The minimum absolute atomic E-state index is 0.122. The fourth-order valence-electron chi connectivity index (χ4n) is 2.04. The normalized spacial score (nSPS) is 10.8. The Morgan fingerprint density at radius 2 is 2.08 bits per heavy atom. The van der Waals surface area contributed by atoms with Crippen molar-refractivity contribution in [2.45, 2.75) is 25.9 Å². The second-order valence-electron chi connectivity index (χ2n) is 5.38. The number of H-pyrrole nitrogens is 1. The molecule has 0 saturated carbocycles. The molecule has 0 aliphatic carbocycles. The Balaban J connectivity index is 1.60. The van der Waals surface area contributed by atoms with Crippen molar-refractivity contribution < 1.29 is 4.79 Å². The van der Waals surface area contributed by atoms with Crippen LogP contribution in [0.5, 0.6) is 0 Å². The summed E-state index contributed by atoms with van der Waals surface area (Å²) in [7, 11) is 0. The molecule has 8 heteroatoms. The van der Waals surface area contributed by atoms with E-state index in [4.69, 9.17) is 0 Å². The molecule has 0 spiro atoms. The predicted octanol–water partition coefficient (Wildman–Crippen LogP) is 3.58. The van der Waals surface area contributed by atoms with E-state index >= 15 is 0 Å². The lowest BCUT2D eigenvalue weighted by atomic mass is 10.1. The lowest BCUT2D eigenvalue weighted by Gasteiger charge is -2.02. The van der Waals surface area contributed by atoms with E-state index in [2.05, 4.69) is 51.5 Å². The van der Waals surface area contributed by atoms with Crippen molar-refractivity contribution in [3.8, 4) is 11.3 Å². The molecule has 2 N–H and O–H groups in total. The van der Waals surface area contributed by atoms with Gasteiger partial charge < -0.3 is 5.32 Å². The zero-order chi connectivity index (χ0) is 17.1. The number of nitrogens with zero attached hydrogens (tertiary/aromatic N) is 3. The topological polar surface area (TPSA) is 83.6 Å². The number of benzene rings is 1. The minimum Gasteiger partial charge on any atom is -0.301 e. The highest BCUT2D eigenvalue weighted by Crippen LogP contribution is 2.26. The van der Waals surface area contributed by atoms with Crippen LogP contribution in [0.15, 0.2) is 28.7 Å². The van der Waals surface area contributed by atoms with Gasteiger partial charge in [-0.3, -0.25) is 9.89 Å². The van der Waals surface area contributed by atoms with Crippen LogP contribution in [-0.2, 0) is 4.79 Å². The molecular weight excluding hydrogens is 342 g/mol. The summed E-state index contributed by atoms with van der Waals surface area (Å²) in [4.78, 5) is 20.6. The van der Waals surface area contributed by atoms with Gasteiger partial charge in [-0.2, -0.15) is 0 Å². The number of rotatable bonds is 5. The van der Waals surface area contributed by atoms with Gasteiger partial charge in [-0.25, -0.2) is 9.97 Å². The molecule has 3 aromatic rings. The van der Waals surface area contributed by atoms with E-state index < -0.39 is 0 Å². The van der Waals surface area contributed by atoms with E-state index in [9.17, 15) is 4.79 Å². The standard InChI is InChI=1S/C16H17N5OS2/c1-9-4-5-12(6-10(9)2)13-7-23-15(18-13)19-14(22)8-24-16-17-11(3)20-21-16/h4-7H,8H2,1-3H3,(H,17,20,21)(H,18,19,22). The summed E-state index contributed by atoms with van der Waals surface area (Å²) in [5.74, 6) is 0.856. The van der Waals surface area contributed by atoms with E-state index in [0.717, 1.165) is 17.1 Å². The van der Waals surface area contributed by atoms with Gasteiger partial charge in [0.1, 0.15) is 5.82 Å². The number of thioether (sulfide) groups is 1. The molecule has 0 atom stereocenters. The van der Waals surface area contributed by atoms with Crippen LogP contribution >= 0.6 is 23.1 Å². The van der Waals surface area contributed by atoms with Gasteiger partial charge in [0.25, 0.3) is 0 Å². The highest BCUT2D eigenvalue weighted by Gasteiger charge is 2.10. The number of nitrogens with one attached hydrogen (secondary N) is 2. The number of hydrogen-bond acceptors (Lipinski definition) is 6. The number of carbonyl (C=O) groups is 1. The van der Waals surface area contributed by atoms with Gasteiger partial charge in [0, 0.05) is 10.9 Å². The van der Waals surface area contributed by atoms with Crippen LogP contribution < -0.4 is 5.32 Å². The van der Waals surface area contributed by atoms with Crippen LogP contribution in [0.1, 0.15) is 17.0 Å². The van der Waals surface area contributed by atoms with Gasteiger partial charge in [-0.05, 0) is 38.0 Å². The first-order valence-electron chi connectivity index (χ1n) is 7.36. The number of anilines is 1. The minimum atomic E-state index is -0.122. The largest absolute Gasteiger partial charge is 0.301 e. The Hall–Kier alpha value is -2.19. The maximum atomic E-state index is 12.0. The highest BCUT2D eigenvalue weighted by atomic mass is 32.2. The average Bonchev–Trinajstić information content (AvgIpc) is 3.17. The fourth-order valence-corrected chi connectivity index (χ4v) is 3.42. The molecule has 2 aromatic heterocycles. The van der Waals surface area contributed by atoms with Crippen LogP contribution in [-0.4, -0.2) is 31.8 Å². The molecule has 6 nitrogen and oxygen atoms in total. The molecule has 0 bridgehead atoms. The second-order valence-corrected chi connectivity index (χ2v) is 7.18. The van der Waals surface area contributed by atoms with E-state index in [1.165, 1.54) is 34.2 Å². The summed E-state index contributed by atoms with van der Waals surface area (Å²) < 4.78 is 0. The van der Waals surface area contributed by atoms with Crippen LogP contribution in [0.2, 0.25) is 0 Å².